The van der Waals surface area contributed by atoms with Crippen LogP contribution in [0.5, 0.6) is 0 Å². The summed E-state index contributed by atoms with van der Waals surface area (Å²) in [5, 5.41) is 42.1. The Bertz CT molecular complexity index is 395. The van der Waals surface area contributed by atoms with Gasteiger partial charge in [0, 0.05) is 38.8 Å². The van der Waals surface area contributed by atoms with Crippen molar-refractivity contribution < 1.29 is 158 Å². The summed E-state index contributed by atoms with van der Waals surface area (Å²) in [6.45, 7) is -1.70. The van der Waals surface area contributed by atoms with E-state index >= 15 is 0 Å². The van der Waals surface area contributed by atoms with Crippen LogP contribution in [0.4, 0.5) is 0 Å². The third-order valence-electron chi connectivity index (χ3n) is 2.52. The molecule has 0 aromatic carbocycles. The van der Waals surface area contributed by atoms with Gasteiger partial charge in [-0.1, -0.05) is 0 Å². The molecule has 0 radical (unpaired) electrons. The van der Waals surface area contributed by atoms with Gasteiger partial charge in [0.1, 0.15) is 0 Å². The molecule has 0 N–H and O–H groups in total. The first kappa shape index (κ1) is 37.5. The van der Waals surface area contributed by atoms with E-state index in [0.717, 1.165) is 9.80 Å². The smallest absolute Gasteiger partial charge is 0.549 e. The first-order chi connectivity index (χ1) is 9.61. The Balaban J connectivity index is -0.000000333. The fourth-order valence-corrected chi connectivity index (χ4v) is 1.74. The summed E-state index contributed by atoms with van der Waals surface area (Å²) in [6.07, 6.45) is 0. The molecule has 10 nitrogen and oxygen atoms in total. The molecule has 0 aliphatic carbocycles. The Morgan fingerprint density at radius 3 is 1.20 bits per heavy atom. The van der Waals surface area contributed by atoms with Crippen molar-refractivity contribution >= 4 is 23.9 Å². The minimum absolute atomic E-state index is 0. The Morgan fingerprint density at radius 1 is 0.680 bits per heavy atom. The SMILES string of the molecule is CC(CN(CC(=O)[O-])CC(=O)[O-])N(CC(=O)[O-])CC(=O)[O-].[Na+].[Na+].[Na+].[Na+]. The molecule has 25 heavy (non-hydrogen) atoms. The Hall–Kier alpha value is 1.80. The number of aliphatic carboxylic acids is 4. The zero-order valence-electron chi connectivity index (χ0n) is 15.3. The number of rotatable bonds is 11. The van der Waals surface area contributed by atoms with Gasteiger partial charge in [0.25, 0.3) is 0 Å². The maximum Gasteiger partial charge on any atom is 1.00 e. The molecule has 0 aromatic heterocycles. The van der Waals surface area contributed by atoms with Crippen LogP contribution in [0.25, 0.3) is 0 Å². The van der Waals surface area contributed by atoms with E-state index in [0.29, 0.717) is 0 Å². The van der Waals surface area contributed by atoms with E-state index in [1.807, 2.05) is 0 Å². The quantitative estimate of drug-likeness (QED) is 0.307. The predicted molar refractivity (Wildman–Crippen MR) is 57.5 cm³/mol. The Kier molecular flexibility index (Phi) is 30.8. The average molecular weight is 394 g/mol. The van der Waals surface area contributed by atoms with Crippen molar-refractivity contribution in [3.8, 4) is 0 Å². The van der Waals surface area contributed by atoms with Gasteiger partial charge in [-0.2, -0.15) is 0 Å². The van der Waals surface area contributed by atoms with Crippen molar-refractivity contribution in [2.75, 3.05) is 32.7 Å². The minimum Gasteiger partial charge on any atom is -0.549 e. The topological polar surface area (TPSA) is 167 Å². The predicted octanol–water partition coefficient (Wildman–Crippen LogP) is -19.0. The zero-order valence-corrected chi connectivity index (χ0v) is 23.3. The molecule has 0 aromatic rings. The molecule has 0 rings (SSSR count). The molecular weight excluding hydrogens is 380 g/mol. The van der Waals surface area contributed by atoms with E-state index in [2.05, 4.69) is 0 Å². The van der Waals surface area contributed by atoms with E-state index in [-0.39, 0.29) is 125 Å². The third kappa shape index (κ3) is 22.0. The fraction of sp³-hybridized carbons (Fsp3) is 0.636. The number of carbonyl (C=O) groups is 4. The third-order valence-corrected chi connectivity index (χ3v) is 2.52. The number of nitrogens with zero attached hydrogens (tertiary/aromatic N) is 2. The molecule has 1 unspecified atom stereocenters. The summed E-state index contributed by atoms with van der Waals surface area (Å²) in [5.41, 5.74) is 0. The first-order valence-corrected chi connectivity index (χ1v) is 5.87. The fourth-order valence-electron chi connectivity index (χ4n) is 1.74. The van der Waals surface area contributed by atoms with E-state index in [1.54, 1.807) is 0 Å². The molecule has 0 saturated carbocycles. The molecule has 0 bridgehead atoms. The molecule has 0 aliphatic heterocycles. The molecule has 0 saturated heterocycles. The monoisotopic (exact) mass is 394 g/mol. The van der Waals surface area contributed by atoms with E-state index in [1.165, 1.54) is 6.92 Å². The van der Waals surface area contributed by atoms with Crippen LogP contribution in [0.3, 0.4) is 0 Å². The van der Waals surface area contributed by atoms with Gasteiger partial charge >= 0.3 is 118 Å². The minimum atomic E-state index is -1.53. The second-order valence-electron chi connectivity index (χ2n) is 4.41. The van der Waals surface area contributed by atoms with Gasteiger partial charge in [0.2, 0.25) is 0 Å². The van der Waals surface area contributed by atoms with Crippen LogP contribution >= 0.6 is 0 Å². The summed E-state index contributed by atoms with van der Waals surface area (Å²) < 4.78 is 0. The van der Waals surface area contributed by atoms with Gasteiger partial charge in [0.15, 0.2) is 0 Å². The van der Waals surface area contributed by atoms with Gasteiger partial charge in [-0.05, 0) is 6.92 Å². The summed E-state index contributed by atoms with van der Waals surface area (Å²) >= 11 is 0. The average Bonchev–Trinajstić information content (AvgIpc) is 2.24. The van der Waals surface area contributed by atoms with Gasteiger partial charge in [-0.3, -0.25) is 9.80 Å². The molecular formula is C11H14N2Na4O8. The largest absolute Gasteiger partial charge is 1.00 e. The van der Waals surface area contributed by atoms with Crippen LogP contribution in [0.15, 0.2) is 0 Å². The van der Waals surface area contributed by atoms with Crippen molar-refractivity contribution in [2.45, 2.75) is 13.0 Å². The van der Waals surface area contributed by atoms with E-state index in [9.17, 15) is 39.6 Å². The molecule has 120 valence electrons. The molecule has 0 fully saturated rings. The maximum atomic E-state index is 10.5. The van der Waals surface area contributed by atoms with Gasteiger partial charge in [-0.15, -0.1) is 0 Å². The second-order valence-corrected chi connectivity index (χ2v) is 4.41. The van der Waals surface area contributed by atoms with Gasteiger partial charge < -0.3 is 39.6 Å². The number of hydrogen-bond donors (Lipinski definition) is 0. The molecule has 14 heteroatoms. The molecule has 0 amide bonds. The normalized spacial score (nSPS) is 10.4. The van der Waals surface area contributed by atoms with E-state index < -0.39 is 56.1 Å². The van der Waals surface area contributed by atoms with E-state index in [4.69, 9.17) is 0 Å². The second kappa shape index (κ2) is 20.5. The number of carboxylic acid groups (broad SMARTS) is 4. The summed E-state index contributed by atoms with van der Waals surface area (Å²) in [6, 6.07) is -0.778. The summed E-state index contributed by atoms with van der Waals surface area (Å²) in [4.78, 5) is 44.0. The van der Waals surface area contributed by atoms with Crippen LogP contribution in [0.1, 0.15) is 6.92 Å². The number of carboxylic acids is 4. The van der Waals surface area contributed by atoms with Crippen molar-refractivity contribution in [1.29, 1.82) is 0 Å². The van der Waals surface area contributed by atoms with Crippen molar-refractivity contribution in [3.63, 3.8) is 0 Å². The van der Waals surface area contributed by atoms with Gasteiger partial charge in [0.05, 0.1) is 23.9 Å². The molecule has 0 heterocycles. The summed E-state index contributed by atoms with van der Waals surface area (Å²) in [7, 11) is 0. The van der Waals surface area contributed by atoms with Crippen LogP contribution in [-0.2, 0) is 19.2 Å². The zero-order chi connectivity index (χ0) is 16.6. The Morgan fingerprint density at radius 2 is 0.960 bits per heavy atom. The number of carbonyl (C=O) groups excluding carboxylic acids is 4. The van der Waals surface area contributed by atoms with Gasteiger partial charge in [-0.25, -0.2) is 0 Å². The van der Waals surface area contributed by atoms with Crippen LogP contribution in [0, 0.1) is 0 Å². The molecule has 0 spiro atoms. The maximum absolute atomic E-state index is 10.5. The van der Waals surface area contributed by atoms with Crippen LogP contribution in [0.2, 0.25) is 0 Å². The van der Waals surface area contributed by atoms with Crippen LogP contribution in [-0.4, -0.2) is 72.4 Å². The van der Waals surface area contributed by atoms with Crippen molar-refractivity contribution in [3.05, 3.63) is 0 Å². The van der Waals surface area contributed by atoms with Crippen molar-refractivity contribution in [1.82, 2.24) is 9.80 Å². The Labute approximate surface area is 233 Å². The number of hydrogen-bond acceptors (Lipinski definition) is 10. The van der Waals surface area contributed by atoms with Crippen molar-refractivity contribution in [2.24, 2.45) is 0 Å². The van der Waals surface area contributed by atoms with Crippen LogP contribution < -0.4 is 139 Å². The standard InChI is InChI=1S/C11H18N2O8.4Na/c1-7(13(5-10(18)19)6-11(20)21)2-12(3-8(14)15)4-9(16)17;;;;/h7H,2-6H2,1H3,(H,14,15)(H,16,17)(H,18,19)(H,20,21);;;;/q;4*+1/p-4. The molecule has 1 atom stereocenters. The first-order valence-electron chi connectivity index (χ1n) is 5.87. The summed E-state index contributed by atoms with van der Waals surface area (Å²) in [5.74, 6) is -6.13. The molecule has 0 aliphatic rings.